The fourth-order valence-corrected chi connectivity index (χ4v) is 3.54. The zero-order valence-electron chi connectivity index (χ0n) is 6.77. The van der Waals surface area contributed by atoms with Gasteiger partial charge in [-0.15, -0.1) is 0 Å². The SMILES string of the molecule is Brc1ccccc1O[As]1OCCO1. The molecule has 1 aliphatic heterocycles. The zero-order chi connectivity index (χ0) is 9.10. The predicted molar refractivity (Wildman–Crippen MR) is 52.4 cm³/mol. The second-order valence-electron chi connectivity index (χ2n) is 2.41. The van der Waals surface area contributed by atoms with Gasteiger partial charge in [-0.05, 0) is 0 Å². The summed E-state index contributed by atoms with van der Waals surface area (Å²) in [7, 11) is 0. The molecule has 2 rings (SSSR count). The summed E-state index contributed by atoms with van der Waals surface area (Å²) in [5, 5.41) is 0. The zero-order valence-corrected chi connectivity index (χ0v) is 10.2. The molecule has 0 radical (unpaired) electrons. The van der Waals surface area contributed by atoms with Crippen molar-refractivity contribution in [3.8, 4) is 5.75 Å². The molecule has 5 heteroatoms. The van der Waals surface area contributed by atoms with Gasteiger partial charge >= 0.3 is 90.5 Å². The van der Waals surface area contributed by atoms with Crippen LogP contribution in [0, 0.1) is 0 Å². The van der Waals surface area contributed by atoms with Gasteiger partial charge in [0.05, 0.1) is 0 Å². The number of rotatable bonds is 2. The van der Waals surface area contributed by atoms with Crippen LogP contribution in [0.2, 0.25) is 0 Å². The molecule has 0 aliphatic carbocycles. The van der Waals surface area contributed by atoms with Crippen molar-refractivity contribution in [2.24, 2.45) is 0 Å². The molecule has 1 saturated heterocycles. The van der Waals surface area contributed by atoms with Gasteiger partial charge in [0.15, 0.2) is 0 Å². The van der Waals surface area contributed by atoms with E-state index in [0.29, 0.717) is 13.2 Å². The molecule has 3 nitrogen and oxygen atoms in total. The van der Waals surface area contributed by atoms with Crippen molar-refractivity contribution in [3.63, 3.8) is 0 Å². The molecule has 70 valence electrons. The Morgan fingerprint density at radius 3 is 2.62 bits per heavy atom. The number of benzene rings is 1. The van der Waals surface area contributed by atoms with E-state index in [0.717, 1.165) is 10.2 Å². The summed E-state index contributed by atoms with van der Waals surface area (Å²) in [6.07, 6.45) is 0. The number of halogens is 1. The first-order valence-corrected chi connectivity index (χ1v) is 6.94. The van der Waals surface area contributed by atoms with Gasteiger partial charge in [-0.3, -0.25) is 0 Å². The van der Waals surface area contributed by atoms with Crippen LogP contribution in [0.1, 0.15) is 0 Å². The summed E-state index contributed by atoms with van der Waals surface area (Å²) < 4.78 is 17.1. The fraction of sp³-hybridized carbons (Fsp3) is 0.250. The molecule has 1 heterocycles. The van der Waals surface area contributed by atoms with E-state index in [1.54, 1.807) is 0 Å². The van der Waals surface area contributed by atoms with Crippen LogP contribution in [0.25, 0.3) is 0 Å². The monoisotopic (exact) mass is 306 g/mol. The van der Waals surface area contributed by atoms with E-state index in [4.69, 9.17) is 11.2 Å². The molecule has 0 saturated carbocycles. The Bertz CT molecular complexity index is 288. The first kappa shape index (κ1) is 9.53. The Morgan fingerprint density at radius 1 is 1.23 bits per heavy atom. The molecular weight excluding hydrogens is 299 g/mol. The molecule has 0 aromatic heterocycles. The van der Waals surface area contributed by atoms with Crippen LogP contribution in [0.3, 0.4) is 0 Å². The number of hydrogen-bond acceptors (Lipinski definition) is 3. The maximum absolute atomic E-state index is 5.56. The van der Waals surface area contributed by atoms with Crippen LogP contribution < -0.4 is 3.73 Å². The van der Waals surface area contributed by atoms with Crippen LogP contribution in [0.5, 0.6) is 5.75 Å². The first-order valence-electron chi connectivity index (χ1n) is 3.85. The van der Waals surface area contributed by atoms with Crippen molar-refractivity contribution in [1.82, 2.24) is 0 Å². The predicted octanol–water partition coefficient (Wildman–Crippen LogP) is 1.86. The van der Waals surface area contributed by atoms with Crippen LogP contribution in [0.15, 0.2) is 28.7 Å². The maximum atomic E-state index is 5.56. The topological polar surface area (TPSA) is 27.7 Å². The molecule has 0 spiro atoms. The van der Waals surface area contributed by atoms with Gasteiger partial charge in [-0.25, -0.2) is 0 Å². The van der Waals surface area contributed by atoms with E-state index in [-0.39, 0.29) is 0 Å². The van der Waals surface area contributed by atoms with Gasteiger partial charge in [0.1, 0.15) is 0 Å². The van der Waals surface area contributed by atoms with E-state index in [2.05, 4.69) is 15.9 Å². The molecule has 1 aromatic carbocycles. The van der Waals surface area contributed by atoms with E-state index in [1.807, 2.05) is 24.3 Å². The van der Waals surface area contributed by atoms with Crippen molar-refractivity contribution in [2.45, 2.75) is 0 Å². The Kier molecular flexibility index (Phi) is 3.27. The summed E-state index contributed by atoms with van der Waals surface area (Å²) in [6, 6.07) is 7.68. The number of para-hydroxylation sites is 1. The van der Waals surface area contributed by atoms with E-state index in [1.165, 1.54) is 0 Å². The summed E-state index contributed by atoms with van der Waals surface area (Å²) in [5.74, 6) is 0.796. The molecule has 1 aliphatic rings. The molecule has 0 unspecified atom stereocenters. The molecule has 13 heavy (non-hydrogen) atoms. The summed E-state index contributed by atoms with van der Waals surface area (Å²) in [6.45, 7) is 1.31. The van der Waals surface area contributed by atoms with Gasteiger partial charge in [0.2, 0.25) is 0 Å². The Hall–Kier alpha value is -0.0216. The standard InChI is InChI=1S/C8H8AsBrO3/c10-7-3-1-2-4-8(7)13-9-11-5-6-12-9/h1-4H,5-6H2. The van der Waals surface area contributed by atoms with Crippen LogP contribution in [-0.4, -0.2) is 28.9 Å². The summed E-state index contributed by atoms with van der Waals surface area (Å²) in [5.41, 5.74) is 0. The van der Waals surface area contributed by atoms with Crippen LogP contribution in [0.4, 0.5) is 0 Å². The second kappa shape index (κ2) is 4.47. The fourth-order valence-electron chi connectivity index (χ4n) is 0.913. The van der Waals surface area contributed by atoms with Gasteiger partial charge in [0.25, 0.3) is 0 Å². The van der Waals surface area contributed by atoms with Gasteiger partial charge < -0.3 is 0 Å². The van der Waals surface area contributed by atoms with E-state index < -0.39 is 15.7 Å². The Balaban J connectivity index is 2.04. The molecule has 0 atom stereocenters. The van der Waals surface area contributed by atoms with Crippen molar-refractivity contribution in [2.75, 3.05) is 13.2 Å². The summed E-state index contributed by atoms with van der Waals surface area (Å²) in [4.78, 5) is 0. The average Bonchev–Trinajstić information content (AvgIpc) is 2.61. The Labute approximate surface area is 90.4 Å². The van der Waals surface area contributed by atoms with Crippen molar-refractivity contribution >= 4 is 31.6 Å². The third-order valence-corrected chi connectivity index (χ3v) is 4.52. The number of hydrogen-bond donors (Lipinski definition) is 0. The van der Waals surface area contributed by atoms with E-state index >= 15 is 0 Å². The van der Waals surface area contributed by atoms with Crippen molar-refractivity contribution in [1.29, 1.82) is 0 Å². The van der Waals surface area contributed by atoms with Crippen molar-refractivity contribution < 1.29 is 11.2 Å². The molecule has 0 N–H and O–H groups in total. The van der Waals surface area contributed by atoms with Crippen LogP contribution in [-0.2, 0) is 7.45 Å². The third-order valence-electron chi connectivity index (χ3n) is 1.49. The minimum atomic E-state index is -1.93. The molecule has 0 bridgehead atoms. The Morgan fingerprint density at radius 2 is 1.92 bits per heavy atom. The van der Waals surface area contributed by atoms with Gasteiger partial charge in [0, 0.05) is 0 Å². The van der Waals surface area contributed by atoms with Gasteiger partial charge in [-0.1, -0.05) is 0 Å². The molecule has 0 amide bonds. The molecular formula is C8H8AsBrO3. The average molecular weight is 307 g/mol. The quantitative estimate of drug-likeness (QED) is 0.781. The van der Waals surface area contributed by atoms with Crippen molar-refractivity contribution in [3.05, 3.63) is 28.7 Å². The second-order valence-corrected chi connectivity index (χ2v) is 5.67. The van der Waals surface area contributed by atoms with Gasteiger partial charge in [-0.2, -0.15) is 0 Å². The summed E-state index contributed by atoms with van der Waals surface area (Å²) >= 11 is 1.46. The molecule has 1 fully saturated rings. The van der Waals surface area contributed by atoms with Crippen LogP contribution >= 0.6 is 15.9 Å². The minimum absolute atomic E-state index is 0.657. The third kappa shape index (κ3) is 2.47. The first-order chi connectivity index (χ1) is 6.36. The molecule has 1 aromatic rings. The normalized spacial score (nSPS) is 17.6. The van der Waals surface area contributed by atoms with E-state index in [9.17, 15) is 0 Å².